The van der Waals surface area contributed by atoms with E-state index in [4.69, 9.17) is 9.16 Å². The van der Waals surface area contributed by atoms with Crippen LogP contribution in [0.2, 0.25) is 18.1 Å². The SMILES string of the molecule is C[C@@H](O[Si](C)(C)C(C)(C)C)[C@H]1C(=O)N2C3=C(COC3=O)SS[C@H]12. The number of ether oxygens (including phenoxy) is 1. The van der Waals surface area contributed by atoms with Crippen LogP contribution in [0.4, 0.5) is 0 Å². The van der Waals surface area contributed by atoms with Crippen molar-refractivity contribution in [2.45, 2.75) is 57.3 Å². The van der Waals surface area contributed by atoms with Crippen LogP contribution in [0.25, 0.3) is 0 Å². The molecule has 0 saturated carbocycles. The number of hydrogen-bond donors (Lipinski definition) is 0. The number of amides is 1. The maximum atomic E-state index is 12.7. The molecule has 0 unspecified atom stereocenters. The summed E-state index contributed by atoms with van der Waals surface area (Å²) in [6.07, 6.45) is -0.141. The molecule has 0 aromatic carbocycles. The second kappa shape index (κ2) is 5.54. The summed E-state index contributed by atoms with van der Waals surface area (Å²) in [7, 11) is 1.26. The van der Waals surface area contributed by atoms with Crippen LogP contribution in [0.15, 0.2) is 10.6 Å². The molecule has 3 aliphatic rings. The highest BCUT2D eigenvalue weighted by molar-refractivity contribution is 8.78. The molecule has 128 valence electrons. The smallest absolute Gasteiger partial charge is 0.356 e. The van der Waals surface area contributed by atoms with Crippen molar-refractivity contribution in [3.05, 3.63) is 10.6 Å². The van der Waals surface area contributed by atoms with Crippen LogP contribution in [-0.4, -0.2) is 43.2 Å². The number of β-lactam (4-membered cyclic amide) rings is 1. The van der Waals surface area contributed by atoms with Crippen molar-refractivity contribution in [3.63, 3.8) is 0 Å². The predicted octanol–water partition coefficient (Wildman–Crippen LogP) is 3.34. The van der Waals surface area contributed by atoms with Gasteiger partial charge in [-0.2, -0.15) is 0 Å². The van der Waals surface area contributed by atoms with E-state index in [1.807, 2.05) is 6.92 Å². The summed E-state index contributed by atoms with van der Waals surface area (Å²) in [6, 6.07) is 0. The maximum Gasteiger partial charge on any atom is 0.356 e. The molecule has 0 radical (unpaired) electrons. The van der Waals surface area contributed by atoms with Gasteiger partial charge in [0.15, 0.2) is 8.32 Å². The second-order valence-electron chi connectivity index (χ2n) is 7.74. The number of hydrogen-bond acceptors (Lipinski definition) is 6. The van der Waals surface area contributed by atoms with Crippen molar-refractivity contribution < 1.29 is 18.8 Å². The quantitative estimate of drug-likeness (QED) is 0.327. The zero-order chi connectivity index (χ0) is 17.2. The second-order valence-corrected chi connectivity index (χ2v) is 14.9. The van der Waals surface area contributed by atoms with Gasteiger partial charge in [-0.05, 0) is 25.1 Å². The van der Waals surface area contributed by atoms with E-state index in [2.05, 4.69) is 33.9 Å². The van der Waals surface area contributed by atoms with E-state index in [1.165, 1.54) is 0 Å². The first-order valence-electron chi connectivity index (χ1n) is 7.79. The molecule has 1 fully saturated rings. The fourth-order valence-electron chi connectivity index (χ4n) is 2.76. The summed E-state index contributed by atoms with van der Waals surface area (Å²) >= 11 is 0. The first kappa shape index (κ1) is 17.4. The average molecular weight is 374 g/mol. The minimum atomic E-state index is -1.93. The van der Waals surface area contributed by atoms with E-state index in [-0.39, 0.29) is 34.3 Å². The van der Waals surface area contributed by atoms with Crippen molar-refractivity contribution in [1.82, 2.24) is 4.90 Å². The van der Waals surface area contributed by atoms with Crippen molar-refractivity contribution in [2.24, 2.45) is 5.92 Å². The molecule has 3 aliphatic heterocycles. The third kappa shape index (κ3) is 2.67. The van der Waals surface area contributed by atoms with Gasteiger partial charge in [-0.1, -0.05) is 42.4 Å². The van der Waals surface area contributed by atoms with Crippen molar-refractivity contribution >= 4 is 41.8 Å². The van der Waals surface area contributed by atoms with Gasteiger partial charge in [0, 0.05) is 0 Å². The third-order valence-corrected chi connectivity index (χ3v) is 12.5. The Morgan fingerprint density at radius 2 is 2.00 bits per heavy atom. The lowest BCUT2D eigenvalue weighted by Crippen LogP contribution is -2.64. The topological polar surface area (TPSA) is 55.8 Å². The van der Waals surface area contributed by atoms with E-state index in [9.17, 15) is 9.59 Å². The standard InChI is InChI=1S/C15H23NO4S2Si/c1-8(20-23(5,6)15(2,3)4)10-12(17)16-11-9(7-19-14(11)18)21-22-13(10)16/h8,10,13H,7H2,1-6H3/t8-,10+,13-/m1/s1. The molecule has 3 heterocycles. The molecule has 1 amide bonds. The van der Waals surface area contributed by atoms with Gasteiger partial charge in [-0.15, -0.1) is 0 Å². The van der Waals surface area contributed by atoms with Gasteiger partial charge in [0.2, 0.25) is 5.91 Å². The van der Waals surface area contributed by atoms with E-state index < -0.39 is 8.32 Å². The number of nitrogens with zero attached hydrogens (tertiary/aromatic N) is 1. The molecule has 8 heteroatoms. The van der Waals surface area contributed by atoms with Crippen molar-refractivity contribution in [1.29, 1.82) is 0 Å². The van der Waals surface area contributed by atoms with Crippen LogP contribution in [0, 0.1) is 5.92 Å². The Morgan fingerprint density at radius 3 is 2.61 bits per heavy atom. The zero-order valence-corrected chi connectivity index (χ0v) is 17.0. The van der Waals surface area contributed by atoms with Gasteiger partial charge < -0.3 is 9.16 Å². The monoisotopic (exact) mass is 373 g/mol. The number of rotatable bonds is 3. The Hall–Kier alpha value is -0.443. The molecule has 0 bridgehead atoms. The van der Waals surface area contributed by atoms with Crippen LogP contribution in [0.3, 0.4) is 0 Å². The third-order valence-electron chi connectivity index (χ3n) is 5.16. The number of esters is 1. The molecule has 0 aliphatic carbocycles. The first-order chi connectivity index (χ1) is 10.5. The number of cyclic esters (lactones) is 1. The first-order valence-corrected chi connectivity index (χ1v) is 12.9. The summed E-state index contributed by atoms with van der Waals surface area (Å²) in [5.74, 6) is -0.577. The Balaban J connectivity index is 1.75. The summed E-state index contributed by atoms with van der Waals surface area (Å²) in [6.45, 7) is 13.3. The Kier molecular flexibility index (Phi) is 4.19. The van der Waals surface area contributed by atoms with Crippen molar-refractivity contribution in [3.8, 4) is 0 Å². The van der Waals surface area contributed by atoms with Crippen molar-refractivity contribution in [2.75, 3.05) is 6.61 Å². The van der Waals surface area contributed by atoms with Crippen LogP contribution >= 0.6 is 21.6 Å². The van der Waals surface area contributed by atoms with Gasteiger partial charge >= 0.3 is 5.97 Å². The average Bonchev–Trinajstić information content (AvgIpc) is 2.76. The van der Waals surface area contributed by atoms with Gasteiger partial charge in [0.25, 0.3) is 0 Å². The number of carbonyl (C=O) groups is 2. The van der Waals surface area contributed by atoms with Crippen LogP contribution < -0.4 is 0 Å². The lowest BCUT2D eigenvalue weighted by molar-refractivity contribution is -0.156. The molecule has 23 heavy (non-hydrogen) atoms. The summed E-state index contributed by atoms with van der Waals surface area (Å²) in [4.78, 5) is 27.0. The maximum absolute atomic E-state index is 12.7. The molecule has 1 saturated heterocycles. The summed E-state index contributed by atoms with van der Waals surface area (Å²) in [5, 5.41) is 0.0735. The van der Waals surface area contributed by atoms with E-state index in [0.717, 1.165) is 4.91 Å². The lowest BCUT2D eigenvalue weighted by Gasteiger charge is -2.51. The number of fused-ring (bicyclic) bond motifs is 2. The lowest BCUT2D eigenvalue weighted by atomic mass is 9.92. The molecular weight excluding hydrogens is 350 g/mol. The van der Waals surface area contributed by atoms with E-state index in [0.29, 0.717) is 12.3 Å². The van der Waals surface area contributed by atoms with Crippen LogP contribution in [0.1, 0.15) is 27.7 Å². The normalized spacial score (nSPS) is 29.0. The van der Waals surface area contributed by atoms with Gasteiger partial charge in [-0.3, -0.25) is 9.69 Å². The minimum absolute atomic E-state index is 0.0136. The van der Waals surface area contributed by atoms with Gasteiger partial charge in [0.05, 0.1) is 16.9 Å². The fourth-order valence-corrected chi connectivity index (χ4v) is 7.17. The summed E-state index contributed by atoms with van der Waals surface area (Å²) < 4.78 is 11.5. The van der Waals surface area contributed by atoms with Gasteiger partial charge in [0.1, 0.15) is 17.7 Å². The largest absolute Gasteiger partial charge is 0.455 e. The summed E-state index contributed by atoms with van der Waals surface area (Å²) in [5.41, 5.74) is 0.458. The highest BCUT2D eigenvalue weighted by atomic mass is 33.1. The zero-order valence-electron chi connectivity index (χ0n) is 14.3. The molecule has 0 aromatic rings. The predicted molar refractivity (Wildman–Crippen MR) is 95.0 cm³/mol. The molecule has 0 aromatic heterocycles. The Labute approximate surface area is 146 Å². The van der Waals surface area contributed by atoms with Crippen LogP contribution in [0.5, 0.6) is 0 Å². The Bertz CT molecular complexity index is 599. The number of carbonyl (C=O) groups excluding carboxylic acids is 2. The highest BCUT2D eigenvalue weighted by Gasteiger charge is 2.58. The molecule has 3 rings (SSSR count). The molecule has 5 nitrogen and oxygen atoms in total. The molecular formula is C15H23NO4S2Si. The minimum Gasteiger partial charge on any atom is -0.455 e. The Morgan fingerprint density at radius 1 is 1.35 bits per heavy atom. The van der Waals surface area contributed by atoms with Crippen LogP contribution in [-0.2, 0) is 18.8 Å². The van der Waals surface area contributed by atoms with Gasteiger partial charge in [-0.25, -0.2) is 4.79 Å². The van der Waals surface area contributed by atoms with E-state index in [1.54, 1.807) is 26.5 Å². The van der Waals surface area contributed by atoms with E-state index >= 15 is 0 Å². The highest BCUT2D eigenvalue weighted by Crippen LogP contribution is 2.55. The fraction of sp³-hybridized carbons (Fsp3) is 0.733. The molecule has 3 atom stereocenters. The molecule has 0 spiro atoms. The molecule has 0 N–H and O–H groups in total.